The molecular formula is C20H18BrN3O3. The number of nitrogens with two attached hydrogens (primary N) is 1. The first kappa shape index (κ1) is 16.8. The van der Waals surface area contributed by atoms with Crippen LogP contribution in [0.15, 0.2) is 39.3 Å². The highest BCUT2D eigenvalue weighted by Crippen LogP contribution is 2.37. The number of nitrogens with zero attached hydrogens (tertiary/aromatic N) is 2. The standard InChI is InChI=1S/C20H18BrN3O3/c21-15-9-18-17(25-10-26-18)7-13(15)8-19-23-20(27-24-19)12-5-4-11-2-1-3-16(22)14(11)6-12/h4-7,9,16H,1-3,8,10,22H2. The Hall–Kier alpha value is -2.38. The van der Waals surface area contributed by atoms with Crippen LogP contribution in [0.5, 0.6) is 11.5 Å². The van der Waals surface area contributed by atoms with Gasteiger partial charge in [-0.25, -0.2) is 0 Å². The minimum absolute atomic E-state index is 0.0840. The van der Waals surface area contributed by atoms with Gasteiger partial charge in [-0.05, 0) is 60.2 Å². The molecule has 0 radical (unpaired) electrons. The van der Waals surface area contributed by atoms with E-state index in [0.717, 1.165) is 46.4 Å². The molecule has 1 aromatic heterocycles. The average molecular weight is 428 g/mol. The molecule has 0 saturated heterocycles. The quantitative estimate of drug-likeness (QED) is 0.675. The minimum atomic E-state index is 0.0840. The number of halogens is 1. The van der Waals surface area contributed by atoms with Crippen molar-refractivity contribution in [3.63, 3.8) is 0 Å². The molecule has 138 valence electrons. The van der Waals surface area contributed by atoms with E-state index in [1.54, 1.807) is 0 Å². The van der Waals surface area contributed by atoms with Gasteiger partial charge >= 0.3 is 0 Å². The van der Waals surface area contributed by atoms with Crippen molar-refractivity contribution in [3.8, 4) is 23.0 Å². The van der Waals surface area contributed by atoms with Gasteiger partial charge < -0.3 is 19.7 Å². The number of hydrogen-bond donors (Lipinski definition) is 1. The van der Waals surface area contributed by atoms with Crippen molar-refractivity contribution in [2.75, 3.05) is 6.79 Å². The summed E-state index contributed by atoms with van der Waals surface area (Å²) >= 11 is 3.57. The van der Waals surface area contributed by atoms with Crippen LogP contribution in [-0.4, -0.2) is 16.9 Å². The van der Waals surface area contributed by atoms with Gasteiger partial charge in [0.05, 0.1) is 0 Å². The number of hydrogen-bond acceptors (Lipinski definition) is 6. The summed E-state index contributed by atoms with van der Waals surface area (Å²) in [6, 6.07) is 10.2. The molecule has 0 fully saturated rings. The van der Waals surface area contributed by atoms with E-state index in [1.807, 2.05) is 18.2 Å². The van der Waals surface area contributed by atoms with Gasteiger partial charge in [-0.3, -0.25) is 0 Å². The third-order valence-electron chi connectivity index (χ3n) is 5.11. The van der Waals surface area contributed by atoms with Crippen molar-refractivity contribution in [1.29, 1.82) is 0 Å². The van der Waals surface area contributed by atoms with Crippen LogP contribution in [0.2, 0.25) is 0 Å². The van der Waals surface area contributed by atoms with E-state index in [2.05, 4.69) is 38.2 Å². The van der Waals surface area contributed by atoms with E-state index in [-0.39, 0.29) is 12.8 Å². The Morgan fingerprint density at radius 1 is 1.15 bits per heavy atom. The van der Waals surface area contributed by atoms with Gasteiger partial charge in [-0.2, -0.15) is 4.98 Å². The van der Waals surface area contributed by atoms with Gasteiger partial charge in [0, 0.05) is 22.5 Å². The number of benzene rings is 2. The third kappa shape index (κ3) is 3.11. The van der Waals surface area contributed by atoms with Crippen molar-refractivity contribution in [2.24, 2.45) is 5.73 Å². The fraction of sp³-hybridized carbons (Fsp3) is 0.300. The van der Waals surface area contributed by atoms with Gasteiger partial charge in [0.1, 0.15) is 0 Å². The molecule has 2 aliphatic rings. The summed E-state index contributed by atoms with van der Waals surface area (Å²) < 4.78 is 17.3. The average Bonchev–Trinajstić information content (AvgIpc) is 3.31. The van der Waals surface area contributed by atoms with E-state index in [1.165, 1.54) is 11.1 Å². The maximum absolute atomic E-state index is 6.27. The zero-order valence-electron chi connectivity index (χ0n) is 14.6. The maximum atomic E-state index is 6.27. The van der Waals surface area contributed by atoms with E-state index >= 15 is 0 Å². The summed E-state index contributed by atoms with van der Waals surface area (Å²) in [6.45, 7) is 0.248. The van der Waals surface area contributed by atoms with E-state index in [4.69, 9.17) is 19.7 Å². The van der Waals surface area contributed by atoms with Crippen LogP contribution in [0.25, 0.3) is 11.5 Å². The van der Waals surface area contributed by atoms with Crippen LogP contribution in [0.3, 0.4) is 0 Å². The summed E-state index contributed by atoms with van der Waals surface area (Å²) in [4.78, 5) is 4.57. The van der Waals surface area contributed by atoms with Crippen molar-refractivity contribution >= 4 is 15.9 Å². The molecule has 1 unspecified atom stereocenters. The molecule has 5 rings (SSSR count). The second kappa shape index (κ2) is 6.65. The summed E-state index contributed by atoms with van der Waals surface area (Å²) in [5.41, 5.74) is 10.7. The second-order valence-corrected chi connectivity index (χ2v) is 7.76. The molecule has 2 aromatic carbocycles. The van der Waals surface area contributed by atoms with Crippen molar-refractivity contribution in [3.05, 3.63) is 57.3 Å². The number of rotatable bonds is 3. The molecule has 7 heteroatoms. The Labute approximate surface area is 164 Å². The summed E-state index contributed by atoms with van der Waals surface area (Å²) in [5.74, 6) is 2.61. The van der Waals surface area contributed by atoms with E-state index in [0.29, 0.717) is 18.1 Å². The van der Waals surface area contributed by atoms with Gasteiger partial charge in [-0.15, -0.1) is 0 Å². The number of fused-ring (bicyclic) bond motifs is 2. The summed E-state index contributed by atoms with van der Waals surface area (Å²) in [7, 11) is 0. The Kier molecular flexibility index (Phi) is 4.13. The molecule has 0 spiro atoms. The molecule has 1 aliphatic carbocycles. The molecule has 27 heavy (non-hydrogen) atoms. The zero-order valence-corrected chi connectivity index (χ0v) is 16.2. The topological polar surface area (TPSA) is 83.4 Å². The fourth-order valence-corrected chi connectivity index (χ4v) is 4.14. The van der Waals surface area contributed by atoms with Gasteiger partial charge in [0.25, 0.3) is 5.89 Å². The zero-order chi connectivity index (χ0) is 18.4. The molecule has 0 amide bonds. The molecule has 1 atom stereocenters. The first-order chi connectivity index (χ1) is 13.2. The molecule has 0 bridgehead atoms. The summed E-state index contributed by atoms with van der Waals surface area (Å²) in [5, 5.41) is 4.14. The van der Waals surface area contributed by atoms with Crippen LogP contribution in [0.1, 0.15) is 41.4 Å². The van der Waals surface area contributed by atoms with E-state index in [9.17, 15) is 0 Å². The van der Waals surface area contributed by atoms with Gasteiger partial charge in [0.2, 0.25) is 6.79 Å². The number of aryl methyl sites for hydroxylation is 1. The summed E-state index contributed by atoms with van der Waals surface area (Å²) in [6.07, 6.45) is 3.77. The molecule has 6 nitrogen and oxygen atoms in total. The highest BCUT2D eigenvalue weighted by Gasteiger charge is 2.20. The Balaban J connectivity index is 1.42. The SMILES string of the molecule is NC1CCCc2ccc(-c3nc(Cc4cc5c(cc4Br)OCO5)no3)cc21. The predicted octanol–water partition coefficient (Wildman–Crippen LogP) is 4.15. The Morgan fingerprint density at radius 3 is 2.89 bits per heavy atom. The molecule has 2 heterocycles. The minimum Gasteiger partial charge on any atom is -0.454 e. The molecule has 3 aromatic rings. The molecular weight excluding hydrogens is 410 g/mol. The fourth-order valence-electron chi connectivity index (χ4n) is 3.68. The highest BCUT2D eigenvalue weighted by atomic mass is 79.9. The lowest BCUT2D eigenvalue weighted by Crippen LogP contribution is -2.17. The van der Waals surface area contributed by atoms with Gasteiger partial charge in [0.15, 0.2) is 17.3 Å². The normalized spacial score (nSPS) is 17.8. The third-order valence-corrected chi connectivity index (χ3v) is 5.85. The lowest BCUT2D eigenvalue weighted by Gasteiger charge is -2.22. The molecule has 2 N–H and O–H groups in total. The van der Waals surface area contributed by atoms with Crippen LogP contribution < -0.4 is 15.2 Å². The lowest BCUT2D eigenvalue weighted by molar-refractivity contribution is 0.174. The van der Waals surface area contributed by atoms with Crippen molar-refractivity contribution in [2.45, 2.75) is 31.7 Å². The predicted molar refractivity (Wildman–Crippen MR) is 103 cm³/mol. The first-order valence-electron chi connectivity index (χ1n) is 8.97. The number of ether oxygens (including phenoxy) is 2. The molecule has 1 aliphatic heterocycles. The van der Waals surface area contributed by atoms with Crippen LogP contribution in [-0.2, 0) is 12.8 Å². The smallest absolute Gasteiger partial charge is 0.257 e. The van der Waals surface area contributed by atoms with Crippen LogP contribution in [0, 0.1) is 0 Å². The maximum Gasteiger partial charge on any atom is 0.257 e. The van der Waals surface area contributed by atoms with E-state index < -0.39 is 0 Å². The van der Waals surface area contributed by atoms with Crippen molar-refractivity contribution in [1.82, 2.24) is 10.1 Å². The number of aromatic nitrogens is 2. The Morgan fingerprint density at radius 2 is 2.00 bits per heavy atom. The lowest BCUT2D eigenvalue weighted by atomic mass is 9.87. The van der Waals surface area contributed by atoms with Crippen LogP contribution >= 0.6 is 15.9 Å². The Bertz CT molecular complexity index is 1020. The van der Waals surface area contributed by atoms with Gasteiger partial charge in [-0.1, -0.05) is 27.2 Å². The van der Waals surface area contributed by atoms with Crippen molar-refractivity contribution < 1.29 is 14.0 Å². The second-order valence-electron chi connectivity index (χ2n) is 6.90. The molecule has 0 saturated carbocycles. The monoisotopic (exact) mass is 427 g/mol. The largest absolute Gasteiger partial charge is 0.454 e. The first-order valence-corrected chi connectivity index (χ1v) is 9.76. The van der Waals surface area contributed by atoms with Crippen LogP contribution in [0.4, 0.5) is 0 Å². The highest BCUT2D eigenvalue weighted by molar-refractivity contribution is 9.10.